The summed E-state index contributed by atoms with van der Waals surface area (Å²) in [4.78, 5) is 38.7. The standard InChI is InChI=1S/C18H16ClNO6S/c19-11-5-3-10(4-6-11)15(22)20-14(13-2-1-7-27-13)12(16(23)24)8-18(20,9-21)17(25)26/h1-7,12,14,21H,8-9H2,(H,23,24)(H,25,26). The van der Waals surface area contributed by atoms with Crippen molar-refractivity contribution in [3.05, 3.63) is 57.2 Å². The van der Waals surface area contributed by atoms with Gasteiger partial charge in [0.1, 0.15) is 0 Å². The fourth-order valence-corrected chi connectivity index (χ4v) is 4.48. The summed E-state index contributed by atoms with van der Waals surface area (Å²) in [6.07, 6.45) is -0.393. The highest BCUT2D eigenvalue weighted by Gasteiger charge is 2.61. The first-order valence-electron chi connectivity index (χ1n) is 8.01. The minimum Gasteiger partial charge on any atom is -0.481 e. The Morgan fingerprint density at radius 1 is 1.19 bits per heavy atom. The van der Waals surface area contributed by atoms with Crippen LogP contribution in [0.5, 0.6) is 0 Å². The average Bonchev–Trinajstić information content (AvgIpc) is 3.27. The van der Waals surface area contributed by atoms with Crippen LogP contribution in [0.1, 0.15) is 27.7 Å². The number of halogens is 1. The molecule has 1 aromatic heterocycles. The molecule has 0 spiro atoms. The Balaban J connectivity index is 2.18. The van der Waals surface area contributed by atoms with Crippen LogP contribution in [0.3, 0.4) is 0 Å². The lowest BCUT2D eigenvalue weighted by atomic mass is 9.91. The van der Waals surface area contributed by atoms with Crippen LogP contribution in [0, 0.1) is 5.92 Å². The van der Waals surface area contributed by atoms with E-state index in [0.29, 0.717) is 9.90 Å². The topological polar surface area (TPSA) is 115 Å². The third kappa shape index (κ3) is 3.20. The Bertz CT molecular complexity index is 868. The fourth-order valence-electron chi connectivity index (χ4n) is 3.48. The van der Waals surface area contributed by atoms with E-state index in [9.17, 15) is 29.7 Å². The molecule has 1 fully saturated rings. The Morgan fingerprint density at radius 3 is 2.33 bits per heavy atom. The van der Waals surface area contributed by atoms with Crippen molar-refractivity contribution in [2.75, 3.05) is 6.61 Å². The van der Waals surface area contributed by atoms with Gasteiger partial charge in [0, 0.05) is 15.5 Å². The van der Waals surface area contributed by atoms with Crippen LogP contribution in [-0.2, 0) is 9.59 Å². The van der Waals surface area contributed by atoms with E-state index in [0.717, 1.165) is 4.90 Å². The van der Waals surface area contributed by atoms with Crippen molar-refractivity contribution in [3.63, 3.8) is 0 Å². The Labute approximate surface area is 163 Å². The van der Waals surface area contributed by atoms with Gasteiger partial charge in [-0.25, -0.2) is 4.79 Å². The number of thiophene rings is 1. The number of hydrogen-bond donors (Lipinski definition) is 3. The Kier molecular flexibility index (Phi) is 5.23. The molecule has 1 aliphatic heterocycles. The van der Waals surface area contributed by atoms with Crippen molar-refractivity contribution in [1.29, 1.82) is 0 Å². The second-order valence-corrected chi connectivity index (χ2v) is 7.70. The molecule has 3 N–H and O–H groups in total. The molecule has 3 rings (SSSR count). The summed E-state index contributed by atoms with van der Waals surface area (Å²) in [6, 6.07) is 8.20. The van der Waals surface area contributed by atoms with Crippen LogP contribution in [0.25, 0.3) is 0 Å². The van der Waals surface area contributed by atoms with Gasteiger partial charge in [-0.2, -0.15) is 0 Å². The molecule has 2 heterocycles. The molecule has 142 valence electrons. The van der Waals surface area contributed by atoms with E-state index in [1.165, 1.54) is 35.6 Å². The molecule has 1 saturated heterocycles. The second-order valence-electron chi connectivity index (χ2n) is 6.29. The highest BCUT2D eigenvalue weighted by atomic mass is 35.5. The molecule has 1 aliphatic rings. The maximum Gasteiger partial charge on any atom is 0.332 e. The summed E-state index contributed by atoms with van der Waals surface area (Å²) in [6.45, 7) is -0.896. The van der Waals surface area contributed by atoms with E-state index < -0.39 is 48.4 Å². The Morgan fingerprint density at radius 2 is 1.85 bits per heavy atom. The summed E-state index contributed by atoms with van der Waals surface area (Å²) in [5.41, 5.74) is -1.87. The first kappa shape index (κ1) is 19.3. The van der Waals surface area contributed by atoms with Gasteiger partial charge in [-0.05, 0) is 42.1 Å². The maximum absolute atomic E-state index is 13.2. The number of amides is 1. The average molecular weight is 410 g/mol. The number of carbonyl (C=O) groups excluding carboxylic acids is 1. The first-order chi connectivity index (χ1) is 12.8. The molecule has 0 aliphatic carbocycles. The zero-order valence-corrected chi connectivity index (χ0v) is 15.5. The van der Waals surface area contributed by atoms with Gasteiger partial charge in [-0.1, -0.05) is 17.7 Å². The van der Waals surface area contributed by atoms with E-state index in [4.69, 9.17) is 11.6 Å². The van der Waals surface area contributed by atoms with Crippen LogP contribution in [0.2, 0.25) is 5.02 Å². The first-order valence-corrected chi connectivity index (χ1v) is 9.27. The van der Waals surface area contributed by atoms with Gasteiger partial charge in [0.2, 0.25) is 0 Å². The zero-order chi connectivity index (χ0) is 19.8. The summed E-state index contributed by atoms with van der Waals surface area (Å²) in [7, 11) is 0. The number of nitrogens with zero attached hydrogens (tertiary/aromatic N) is 1. The summed E-state index contributed by atoms with van der Waals surface area (Å²) < 4.78 is 0. The lowest BCUT2D eigenvalue weighted by Gasteiger charge is -2.36. The number of carboxylic acid groups (broad SMARTS) is 2. The van der Waals surface area contributed by atoms with Gasteiger partial charge in [0.15, 0.2) is 5.54 Å². The SMILES string of the molecule is O=C(O)C1CC(CO)(C(=O)O)N(C(=O)c2ccc(Cl)cc2)C1c1cccs1. The number of likely N-dealkylation sites (tertiary alicyclic amines) is 1. The lowest BCUT2D eigenvalue weighted by Crippen LogP contribution is -2.56. The summed E-state index contributed by atoms with van der Waals surface area (Å²) >= 11 is 7.08. The highest BCUT2D eigenvalue weighted by molar-refractivity contribution is 7.10. The summed E-state index contributed by atoms with van der Waals surface area (Å²) in [5.74, 6) is -4.51. The number of carbonyl (C=O) groups is 3. The molecule has 7 nitrogen and oxygen atoms in total. The number of carboxylic acids is 2. The van der Waals surface area contributed by atoms with E-state index in [2.05, 4.69) is 0 Å². The van der Waals surface area contributed by atoms with Gasteiger partial charge >= 0.3 is 11.9 Å². The summed E-state index contributed by atoms with van der Waals surface area (Å²) in [5, 5.41) is 31.5. The number of aliphatic hydroxyl groups is 1. The molecule has 2 aromatic rings. The third-order valence-electron chi connectivity index (χ3n) is 4.80. The van der Waals surface area contributed by atoms with E-state index >= 15 is 0 Å². The fraction of sp³-hybridized carbons (Fsp3) is 0.278. The van der Waals surface area contributed by atoms with E-state index in [1.54, 1.807) is 17.5 Å². The van der Waals surface area contributed by atoms with Crippen molar-refractivity contribution in [3.8, 4) is 0 Å². The number of benzene rings is 1. The van der Waals surface area contributed by atoms with Crippen molar-refractivity contribution >= 4 is 40.8 Å². The smallest absolute Gasteiger partial charge is 0.332 e. The Hall–Kier alpha value is -2.42. The number of aliphatic hydroxyl groups excluding tert-OH is 1. The predicted molar refractivity (Wildman–Crippen MR) is 97.9 cm³/mol. The van der Waals surface area contributed by atoms with Crippen molar-refractivity contribution in [2.45, 2.75) is 18.0 Å². The molecule has 3 atom stereocenters. The van der Waals surface area contributed by atoms with Gasteiger partial charge in [-0.15, -0.1) is 11.3 Å². The maximum atomic E-state index is 13.2. The highest BCUT2D eigenvalue weighted by Crippen LogP contribution is 2.49. The zero-order valence-electron chi connectivity index (χ0n) is 13.9. The molecule has 0 bridgehead atoms. The molecule has 3 unspecified atom stereocenters. The molecule has 0 radical (unpaired) electrons. The number of rotatable bonds is 5. The predicted octanol–water partition coefficient (Wildman–Crippen LogP) is 2.51. The lowest BCUT2D eigenvalue weighted by molar-refractivity contribution is -0.151. The molecule has 1 aromatic carbocycles. The van der Waals surface area contributed by atoms with Crippen molar-refractivity contribution in [2.24, 2.45) is 5.92 Å². The van der Waals surface area contributed by atoms with Gasteiger partial charge < -0.3 is 20.2 Å². The van der Waals surface area contributed by atoms with Crippen LogP contribution < -0.4 is 0 Å². The molecule has 9 heteroatoms. The van der Waals surface area contributed by atoms with Gasteiger partial charge in [0.05, 0.1) is 18.6 Å². The minimum atomic E-state index is -2.03. The van der Waals surface area contributed by atoms with Crippen molar-refractivity contribution < 1.29 is 29.7 Å². The van der Waals surface area contributed by atoms with E-state index in [1.807, 2.05) is 0 Å². The van der Waals surface area contributed by atoms with Crippen LogP contribution in [-0.4, -0.2) is 50.2 Å². The van der Waals surface area contributed by atoms with Gasteiger partial charge in [-0.3, -0.25) is 9.59 Å². The number of aliphatic carboxylic acids is 2. The number of hydrogen-bond acceptors (Lipinski definition) is 5. The molecule has 0 saturated carbocycles. The normalized spacial score (nSPS) is 24.7. The van der Waals surface area contributed by atoms with Crippen LogP contribution in [0.15, 0.2) is 41.8 Å². The molecule has 27 heavy (non-hydrogen) atoms. The second kappa shape index (κ2) is 7.30. The minimum absolute atomic E-state index is 0.158. The third-order valence-corrected chi connectivity index (χ3v) is 5.99. The van der Waals surface area contributed by atoms with Gasteiger partial charge in [0.25, 0.3) is 5.91 Å². The largest absolute Gasteiger partial charge is 0.481 e. The van der Waals surface area contributed by atoms with Crippen LogP contribution in [0.4, 0.5) is 0 Å². The van der Waals surface area contributed by atoms with Crippen molar-refractivity contribution in [1.82, 2.24) is 4.90 Å². The molecule has 1 amide bonds. The van der Waals surface area contributed by atoms with Crippen LogP contribution >= 0.6 is 22.9 Å². The quantitative estimate of drug-likeness (QED) is 0.698. The molecular weight excluding hydrogens is 394 g/mol. The van der Waals surface area contributed by atoms with E-state index in [-0.39, 0.29) is 5.56 Å². The monoisotopic (exact) mass is 409 g/mol. The molecular formula is C18H16ClNO6S.